The number of rotatable bonds is 0. The van der Waals surface area contributed by atoms with E-state index in [1.54, 1.807) is 0 Å². The van der Waals surface area contributed by atoms with Gasteiger partial charge in [0, 0.05) is 12.6 Å². The molecule has 1 aliphatic heterocycles. The van der Waals surface area contributed by atoms with E-state index in [4.69, 9.17) is 0 Å². The summed E-state index contributed by atoms with van der Waals surface area (Å²) in [6.07, 6.45) is 0.779. The molecule has 0 unspecified atom stereocenters. The Balaban J connectivity index is 2.53. The van der Waals surface area contributed by atoms with Crippen LogP contribution >= 0.6 is 0 Å². The van der Waals surface area contributed by atoms with E-state index in [1.807, 2.05) is 0 Å². The van der Waals surface area contributed by atoms with E-state index in [9.17, 15) is 9.50 Å². The summed E-state index contributed by atoms with van der Waals surface area (Å²) >= 11 is 0. The van der Waals surface area contributed by atoms with Gasteiger partial charge in [-0.25, -0.2) is 4.39 Å². The molecule has 0 saturated heterocycles. The predicted molar refractivity (Wildman–Crippen MR) is 43.5 cm³/mol. The number of phenolic OH excluding ortho intramolecular Hbond substituents is 1. The Bertz CT molecular complexity index is 312. The Morgan fingerprint density at radius 2 is 2.25 bits per heavy atom. The molecule has 1 aromatic rings. The van der Waals surface area contributed by atoms with Gasteiger partial charge in [-0.2, -0.15) is 0 Å². The molecule has 0 atom stereocenters. The minimum atomic E-state index is -0.366. The number of aromatic hydroxyl groups is 1. The summed E-state index contributed by atoms with van der Waals surface area (Å²) in [5.74, 6) is -0.276. The molecule has 3 heteroatoms. The monoisotopic (exact) mass is 167 g/mol. The number of fused-ring (bicyclic) bond motifs is 1. The van der Waals surface area contributed by atoms with E-state index in [-0.39, 0.29) is 11.6 Å². The molecule has 0 bridgehead atoms. The van der Waals surface area contributed by atoms with Crippen molar-refractivity contribution < 1.29 is 9.50 Å². The molecule has 2 nitrogen and oxygen atoms in total. The molecule has 1 heterocycles. The molecule has 0 saturated carbocycles. The van der Waals surface area contributed by atoms with Crippen LogP contribution < -0.4 is 5.32 Å². The molecular formula is C9H10FNO. The van der Waals surface area contributed by atoms with Gasteiger partial charge in [-0.05, 0) is 30.2 Å². The highest BCUT2D eigenvalue weighted by Gasteiger charge is 2.13. The number of halogens is 1. The fourth-order valence-corrected chi connectivity index (χ4v) is 1.56. The van der Waals surface area contributed by atoms with Gasteiger partial charge in [-0.15, -0.1) is 0 Å². The standard InChI is InChI=1S/C9H10FNO/c10-7-3-6-5-11-2-1-8(6)9(12)4-7/h3-4,11-12H,1-2,5H2. The first kappa shape index (κ1) is 7.55. The third kappa shape index (κ3) is 1.16. The van der Waals surface area contributed by atoms with E-state index in [1.165, 1.54) is 12.1 Å². The third-order valence-electron chi connectivity index (χ3n) is 2.15. The second-order valence-corrected chi connectivity index (χ2v) is 2.99. The van der Waals surface area contributed by atoms with Crippen molar-refractivity contribution in [1.82, 2.24) is 5.32 Å². The minimum Gasteiger partial charge on any atom is -0.508 e. The summed E-state index contributed by atoms with van der Waals surface area (Å²) in [6, 6.07) is 2.64. The van der Waals surface area contributed by atoms with E-state index in [2.05, 4.69) is 5.32 Å². The molecule has 1 aliphatic rings. The number of nitrogens with one attached hydrogen (secondary N) is 1. The van der Waals surface area contributed by atoms with Gasteiger partial charge in [0.2, 0.25) is 0 Å². The molecule has 0 aliphatic carbocycles. The highest BCUT2D eigenvalue weighted by atomic mass is 19.1. The second kappa shape index (κ2) is 2.75. The summed E-state index contributed by atoms with van der Waals surface area (Å²) in [6.45, 7) is 1.51. The fraction of sp³-hybridized carbons (Fsp3) is 0.333. The zero-order valence-corrected chi connectivity index (χ0v) is 6.60. The Morgan fingerprint density at radius 1 is 1.42 bits per heavy atom. The Labute approximate surface area is 70.0 Å². The lowest BCUT2D eigenvalue weighted by molar-refractivity contribution is 0.454. The van der Waals surface area contributed by atoms with Gasteiger partial charge >= 0.3 is 0 Å². The van der Waals surface area contributed by atoms with Gasteiger partial charge in [-0.3, -0.25) is 0 Å². The van der Waals surface area contributed by atoms with Crippen molar-refractivity contribution in [3.8, 4) is 5.75 Å². The van der Waals surface area contributed by atoms with Crippen molar-refractivity contribution in [3.63, 3.8) is 0 Å². The highest BCUT2D eigenvalue weighted by molar-refractivity contribution is 5.41. The van der Waals surface area contributed by atoms with Gasteiger partial charge in [0.1, 0.15) is 11.6 Å². The smallest absolute Gasteiger partial charge is 0.127 e. The van der Waals surface area contributed by atoms with E-state index >= 15 is 0 Å². The van der Waals surface area contributed by atoms with Crippen LogP contribution in [0.4, 0.5) is 4.39 Å². The van der Waals surface area contributed by atoms with Gasteiger partial charge in [0.15, 0.2) is 0 Å². The van der Waals surface area contributed by atoms with Gasteiger partial charge < -0.3 is 10.4 Å². The number of benzene rings is 1. The summed E-state index contributed by atoms with van der Waals surface area (Å²) < 4.78 is 12.8. The van der Waals surface area contributed by atoms with E-state index < -0.39 is 0 Å². The first-order valence-electron chi connectivity index (χ1n) is 3.98. The summed E-state index contributed by atoms with van der Waals surface area (Å²) in [5.41, 5.74) is 1.76. The number of hydrogen-bond donors (Lipinski definition) is 2. The molecule has 64 valence electrons. The molecule has 0 fully saturated rings. The van der Waals surface area contributed by atoms with Crippen molar-refractivity contribution >= 4 is 0 Å². The Morgan fingerprint density at radius 3 is 3.08 bits per heavy atom. The Kier molecular flexibility index (Phi) is 1.73. The number of hydrogen-bond acceptors (Lipinski definition) is 2. The van der Waals surface area contributed by atoms with Crippen LogP contribution in [0.2, 0.25) is 0 Å². The molecule has 0 aromatic heterocycles. The summed E-state index contributed by atoms with van der Waals surface area (Å²) in [7, 11) is 0. The summed E-state index contributed by atoms with van der Waals surface area (Å²) in [4.78, 5) is 0. The lowest BCUT2D eigenvalue weighted by atomic mass is 10.00. The molecular weight excluding hydrogens is 157 g/mol. The molecule has 2 N–H and O–H groups in total. The van der Waals surface area contributed by atoms with Crippen LogP contribution in [0.25, 0.3) is 0 Å². The zero-order valence-electron chi connectivity index (χ0n) is 6.60. The van der Waals surface area contributed by atoms with Crippen LogP contribution in [0.3, 0.4) is 0 Å². The first-order chi connectivity index (χ1) is 5.77. The maximum Gasteiger partial charge on any atom is 0.127 e. The fourth-order valence-electron chi connectivity index (χ4n) is 1.56. The van der Waals surface area contributed by atoms with Crippen molar-refractivity contribution in [1.29, 1.82) is 0 Å². The minimum absolute atomic E-state index is 0.0894. The second-order valence-electron chi connectivity index (χ2n) is 2.99. The van der Waals surface area contributed by atoms with Crippen LogP contribution in [0, 0.1) is 5.82 Å². The van der Waals surface area contributed by atoms with Crippen molar-refractivity contribution in [2.75, 3.05) is 6.54 Å². The normalized spacial score (nSPS) is 15.8. The maximum atomic E-state index is 12.8. The van der Waals surface area contributed by atoms with Gasteiger partial charge in [0.25, 0.3) is 0 Å². The molecule has 1 aromatic carbocycles. The lowest BCUT2D eigenvalue weighted by Crippen LogP contribution is -2.23. The lowest BCUT2D eigenvalue weighted by Gasteiger charge is -2.17. The summed E-state index contributed by atoms with van der Waals surface area (Å²) in [5, 5.41) is 12.5. The Hall–Kier alpha value is -1.09. The zero-order chi connectivity index (χ0) is 8.55. The van der Waals surface area contributed by atoms with Crippen molar-refractivity contribution in [2.45, 2.75) is 13.0 Å². The molecule has 0 spiro atoms. The van der Waals surface area contributed by atoms with Gasteiger partial charge in [-0.1, -0.05) is 0 Å². The van der Waals surface area contributed by atoms with E-state index in [0.717, 1.165) is 24.1 Å². The third-order valence-corrected chi connectivity index (χ3v) is 2.15. The SMILES string of the molecule is Oc1cc(F)cc2c1CCNC2. The average Bonchev–Trinajstić information content (AvgIpc) is 2.04. The maximum absolute atomic E-state index is 12.8. The van der Waals surface area contributed by atoms with Crippen LogP contribution in [0.15, 0.2) is 12.1 Å². The van der Waals surface area contributed by atoms with Crippen molar-refractivity contribution in [3.05, 3.63) is 29.1 Å². The van der Waals surface area contributed by atoms with Crippen LogP contribution in [-0.4, -0.2) is 11.7 Å². The van der Waals surface area contributed by atoms with Crippen LogP contribution in [0.1, 0.15) is 11.1 Å². The molecule has 12 heavy (non-hydrogen) atoms. The quantitative estimate of drug-likeness (QED) is 0.608. The van der Waals surface area contributed by atoms with Gasteiger partial charge in [0.05, 0.1) is 0 Å². The topological polar surface area (TPSA) is 32.3 Å². The first-order valence-corrected chi connectivity index (χ1v) is 3.98. The van der Waals surface area contributed by atoms with Crippen LogP contribution in [0.5, 0.6) is 5.75 Å². The number of phenols is 1. The molecule has 0 amide bonds. The van der Waals surface area contributed by atoms with E-state index in [0.29, 0.717) is 6.54 Å². The van der Waals surface area contributed by atoms with Crippen molar-refractivity contribution in [2.24, 2.45) is 0 Å². The molecule has 0 radical (unpaired) electrons. The largest absolute Gasteiger partial charge is 0.508 e. The highest BCUT2D eigenvalue weighted by Crippen LogP contribution is 2.25. The molecule has 2 rings (SSSR count). The predicted octanol–water partition coefficient (Wildman–Crippen LogP) is 1.18. The average molecular weight is 167 g/mol. The van der Waals surface area contributed by atoms with Crippen LogP contribution in [-0.2, 0) is 13.0 Å².